The lowest BCUT2D eigenvalue weighted by Gasteiger charge is -2.44. The molecule has 6 heterocycles. The number of rotatable bonds is 11. The van der Waals surface area contributed by atoms with E-state index in [2.05, 4.69) is 20.3 Å². The fraction of sp³-hybridized carbons (Fsp3) is 0.408. The van der Waals surface area contributed by atoms with Gasteiger partial charge in [-0.15, -0.1) is 0 Å². The Bertz CT molecular complexity index is 2700. The number of halogens is 4. The topological polar surface area (TPSA) is 130 Å². The molecule has 0 spiro atoms. The molecule has 17 heteroatoms. The van der Waals surface area contributed by atoms with Crippen LogP contribution in [0.15, 0.2) is 67.0 Å². The molecular weight excluding hydrogens is 855 g/mol. The molecule has 4 amide bonds. The smallest absolute Gasteiger partial charge is 0.270 e. The van der Waals surface area contributed by atoms with Crippen LogP contribution in [0.3, 0.4) is 0 Å². The van der Waals surface area contributed by atoms with E-state index in [1.54, 1.807) is 53.3 Å². The van der Waals surface area contributed by atoms with Crippen LogP contribution in [0.2, 0.25) is 0 Å². The lowest BCUT2D eigenvalue weighted by atomic mass is 9.90. The highest BCUT2D eigenvalue weighted by atomic mass is 19.2. The number of hydrogen-bond acceptors (Lipinski definition) is 8. The van der Waals surface area contributed by atoms with Crippen molar-refractivity contribution in [1.29, 1.82) is 0 Å². The summed E-state index contributed by atoms with van der Waals surface area (Å²) in [4.78, 5) is 62.8. The Morgan fingerprint density at radius 2 is 1.59 bits per heavy atom. The van der Waals surface area contributed by atoms with Crippen molar-refractivity contribution in [2.75, 3.05) is 75.8 Å². The van der Waals surface area contributed by atoms with Gasteiger partial charge in [-0.1, -0.05) is 12.1 Å². The maximum Gasteiger partial charge on any atom is 0.270 e. The molecule has 66 heavy (non-hydrogen) atoms. The van der Waals surface area contributed by atoms with Crippen molar-refractivity contribution in [2.24, 2.45) is 0 Å². The number of carbonyl (C=O) groups is 4. The lowest BCUT2D eigenvalue weighted by molar-refractivity contribution is -0.134. The molecule has 346 valence electrons. The number of aromatic nitrogens is 3. The van der Waals surface area contributed by atoms with Gasteiger partial charge in [-0.2, -0.15) is 5.10 Å². The average molecular weight is 908 g/mol. The Kier molecular flexibility index (Phi) is 12.7. The Hall–Kier alpha value is -6.49. The molecule has 2 N–H and O–H groups in total. The van der Waals surface area contributed by atoms with Gasteiger partial charge in [-0.25, -0.2) is 17.6 Å². The van der Waals surface area contributed by atoms with Crippen LogP contribution in [-0.4, -0.2) is 125 Å². The highest BCUT2D eigenvalue weighted by Crippen LogP contribution is 2.40. The number of aryl methyl sites for hydroxylation is 1. The van der Waals surface area contributed by atoms with Gasteiger partial charge in [0.2, 0.25) is 17.7 Å². The van der Waals surface area contributed by atoms with Crippen molar-refractivity contribution >= 4 is 51.5 Å². The zero-order chi connectivity index (χ0) is 46.2. The first kappa shape index (κ1) is 44.7. The van der Waals surface area contributed by atoms with Crippen molar-refractivity contribution in [2.45, 2.75) is 64.0 Å². The molecule has 1 atom stereocenters. The Balaban J connectivity index is 0.898. The molecule has 3 aromatic carbocycles. The number of amides is 4. The summed E-state index contributed by atoms with van der Waals surface area (Å²) in [5.41, 5.74) is 2.02. The van der Waals surface area contributed by atoms with Crippen LogP contribution >= 0.6 is 0 Å². The van der Waals surface area contributed by atoms with Crippen LogP contribution in [0.4, 0.5) is 28.9 Å². The summed E-state index contributed by atoms with van der Waals surface area (Å²) in [6, 6.07) is 12.9. The predicted octanol–water partition coefficient (Wildman–Crippen LogP) is 6.70. The average Bonchev–Trinajstić information content (AvgIpc) is 4.03. The molecule has 0 bridgehead atoms. The summed E-state index contributed by atoms with van der Waals surface area (Å²) >= 11 is 0. The first-order valence-electron chi connectivity index (χ1n) is 22.8. The second kappa shape index (κ2) is 18.8. The minimum absolute atomic E-state index is 0.0166. The zero-order valence-corrected chi connectivity index (χ0v) is 37.1. The number of nitrogens with one attached hydrogen (secondary N) is 2. The number of nitrogens with zero attached hydrogens (tertiary/aromatic N) is 7. The standard InChI is InChI=1S/C49H53F4N9O4/c1-3-57(2)49(66)39-28-37-36(27-35(45(52)47(37)55-39)31-6-4-17-61(29-31)43(64)15-21-62-18-5-16-54-62)34-8-11-41(46(53)44(34)51)60-24-22-58(23-25-60)32-13-19-59(20-14-32)40-10-7-30(26-38(40)50)33-9-12-42(63)56-48(33)65/h5-8,10-11,16,18,26-28,32-33,55H,3-4,9,12-15,17,19-25,29H2,1-2H3,(H,56,63,65). The number of benzene rings is 3. The normalized spacial score (nSPS) is 18.8. The number of carbonyl (C=O) groups excluding carboxylic acids is 4. The van der Waals surface area contributed by atoms with E-state index in [1.807, 2.05) is 22.8 Å². The number of anilines is 2. The van der Waals surface area contributed by atoms with Crippen LogP contribution in [0, 0.1) is 23.3 Å². The van der Waals surface area contributed by atoms with E-state index in [0.717, 1.165) is 12.8 Å². The van der Waals surface area contributed by atoms with E-state index in [1.165, 1.54) is 29.2 Å². The molecule has 0 radical (unpaired) electrons. The summed E-state index contributed by atoms with van der Waals surface area (Å²) in [7, 11) is 1.62. The number of piperazine rings is 1. The van der Waals surface area contributed by atoms with Crippen LogP contribution in [0.25, 0.3) is 27.6 Å². The summed E-state index contributed by atoms with van der Waals surface area (Å²) in [6.07, 6.45) is 8.11. The maximum absolute atomic E-state index is 16.7. The highest BCUT2D eigenvalue weighted by molar-refractivity contribution is 6.05. The minimum Gasteiger partial charge on any atom is -0.369 e. The summed E-state index contributed by atoms with van der Waals surface area (Å²) in [5, 5.41) is 6.73. The van der Waals surface area contributed by atoms with Crippen molar-refractivity contribution < 1.29 is 36.7 Å². The number of hydrogen-bond donors (Lipinski definition) is 2. The Morgan fingerprint density at radius 3 is 2.30 bits per heavy atom. The van der Waals surface area contributed by atoms with E-state index in [-0.39, 0.29) is 82.1 Å². The van der Waals surface area contributed by atoms with Crippen molar-refractivity contribution in [3.8, 4) is 11.1 Å². The van der Waals surface area contributed by atoms with E-state index < -0.39 is 35.1 Å². The third-order valence-electron chi connectivity index (χ3n) is 13.8. The summed E-state index contributed by atoms with van der Waals surface area (Å²) < 4.78 is 66.8. The number of H-pyrrole nitrogens is 1. The van der Waals surface area contributed by atoms with Gasteiger partial charge in [0.15, 0.2) is 17.5 Å². The van der Waals surface area contributed by atoms with Crippen molar-refractivity contribution in [3.63, 3.8) is 0 Å². The van der Waals surface area contributed by atoms with Crippen LogP contribution in [0.1, 0.15) is 73.0 Å². The van der Waals surface area contributed by atoms with Gasteiger partial charge in [0, 0.05) is 120 Å². The highest BCUT2D eigenvalue weighted by Gasteiger charge is 2.33. The maximum atomic E-state index is 16.7. The van der Waals surface area contributed by atoms with Gasteiger partial charge >= 0.3 is 0 Å². The number of aromatic amines is 1. The zero-order valence-electron chi connectivity index (χ0n) is 37.1. The first-order valence-corrected chi connectivity index (χ1v) is 22.8. The van der Waals surface area contributed by atoms with Gasteiger partial charge < -0.3 is 24.6 Å². The van der Waals surface area contributed by atoms with Gasteiger partial charge in [0.05, 0.1) is 22.8 Å². The Labute approximate surface area is 380 Å². The Morgan fingerprint density at radius 1 is 0.833 bits per heavy atom. The van der Waals surface area contributed by atoms with Gasteiger partial charge in [-0.05, 0) is 91.8 Å². The molecule has 4 aliphatic heterocycles. The summed E-state index contributed by atoms with van der Waals surface area (Å²) in [6.45, 7) is 6.58. The molecule has 9 rings (SSSR count). The van der Waals surface area contributed by atoms with Gasteiger partial charge in [0.1, 0.15) is 11.5 Å². The third kappa shape index (κ3) is 8.79. The second-order valence-electron chi connectivity index (χ2n) is 17.6. The van der Waals surface area contributed by atoms with Gasteiger partial charge in [-0.3, -0.25) is 34.1 Å². The fourth-order valence-corrected chi connectivity index (χ4v) is 9.93. The molecule has 4 aliphatic rings. The molecule has 3 fully saturated rings. The molecule has 0 saturated carbocycles. The van der Waals surface area contributed by atoms with E-state index in [4.69, 9.17) is 0 Å². The molecule has 2 aromatic heterocycles. The van der Waals surface area contributed by atoms with Gasteiger partial charge in [0.25, 0.3) is 5.91 Å². The predicted molar refractivity (Wildman–Crippen MR) is 243 cm³/mol. The fourth-order valence-electron chi connectivity index (χ4n) is 9.93. The minimum atomic E-state index is -1.09. The largest absolute Gasteiger partial charge is 0.369 e. The molecule has 5 aromatic rings. The monoisotopic (exact) mass is 907 g/mol. The number of fused-ring (bicyclic) bond motifs is 1. The first-order chi connectivity index (χ1) is 31.9. The summed E-state index contributed by atoms with van der Waals surface area (Å²) in [5.74, 6) is -4.95. The second-order valence-corrected chi connectivity index (χ2v) is 17.6. The third-order valence-corrected chi connectivity index (χ3v) is 13.8. The number of piperidine rings is 2. The van der Waals surface area contributed by atoms with E-state index in [9.17, 15) is 19.2 Å². The van der Waals surface area contributed by atoms with Crippen LogP contribution in [0.5, 0.6) is 0 Å². The van der Waals surface area contributed by atoms with E-state index in [0.29, 0.717) is 88.6 Å². The van der Waals surface area contributed by atoms with E-state index >= 15 is 17.6 Å². The molecular formula is C49H53F4N9O4. The van der Waals surface area contributed by atoms with Crippen molar-refractivity contribution in [3.05, 3.63) is 107 Å². The number of imide groups is 1. The van der Waals surface area contributed by atoms with Crippen molar-refractivity contribution in [1.82, 2.24) is 34.8 Å². The van der Waals surface area contributed by atoms with Crippen LogP contribution in [-0.2, 0) is 20.9 Å². The SMILES string of the molecule is CCN(C)C(=O)c1cc2c(-c3ccc(N4CCN(C5CCN(c6ccc(C7CCC(=O)NC7=O)cc6F)CC5)CC4)c(F)c3F)cc(C3=CCCN(C(=O)CCn4cccn4)C3)c(F)c2[nH]1. The van der Waals surface area contributed by atoms with Crippen LogP contribution < -0.4 is 15.1 Å². The molecule has 13 nitrogen and oxygen atoms in total. The molecule has 3 saturated heterocycles. The molecule has 1 unspecified atom stereocenters. The quantitative estimate of drug-likeness (QED) is 0.111. The molecule has 0 aliphatic carbocycles. The lowest BCUT2D eigenvalue weighted by Crippen LogP contribution is -2.53.